The Kier molecular flexibility index (Phi) is 8.85. The van der Waals surface area contributed by atoms with E-state index in [0.717, 1.165) is 82.6 Å². The molecule has 0 amide bonds. The van der Waals surface area contributed by atoms with Crippen LogP contribution in [-0.4, -0.2) is 9.13 Å². The number of aromatic nitrogens is 2. The van der Waals surface area contributed by atoms with Crippen molar-refractivity contribution in [1.82, 2.24) is 9.13 Å². The summed E-state index contributed by atoms with van der Waals surface area (Å²) in [5.74, 6) is 0. The van der Waals surface area contributed by atoms with Gasteiger partial charge in [0.25, 0.3) is 0 Å². The van der Waals surface area contributed by atoms with Crippen LogP contribution >= 0.6 is 0 Å². The van der Waals surface area contributed by atoms with E-state index >= 15 is 0 Å². The second-order valence-electron chi connectivity index (χ2n) is 15.3. The van der Waals surface area contributed by atoms with E-state index in [9.17, 15) is 21.0 Å². The molecular formula is C55H28N8. The SMILES string of the molecule is [C-]#[N+]c1ccc(-c2ccc3c(c2)c2ccccc2n3-c2cc(-c3cc(C)cc(C#N)c3)cc(-n3c4ccccc4c4cc(-c5ccc(C#N)cc5[N+]#[C-])ccc43)c2C#N)c(C#N)c1. The number of benzene rings is 8. The second kappa shape index (κ2) is 14.8. The van der Waals surface area contributed by atoms with Crippen LogP contribution in [0.3, 0.4) is 0 Å². The first kappa shape index (κ1) is 37.6. The Morgan fingerprint density at radius 3 is 1.59 bits per heavy atom. The van der Waals surface area contributed by atoms with Crippen LogP contribution in [0.4, 0.5) is 11.4 Å². The highest BCUT2D eigenvalue weighted by Gasteiger charge is 2.24. The minimum Gasteiger partial charge on any atom is -0.308 e. The van der Waals surface area contributed by atoms with Gasteiger partial charge in [0, 0.05) is 32.7 Å². The molecule has 8 aromatic carbocycles. The molecule has 0 aliphatic heterocycles. The normalized spacial score (nSPS) is 10.8. The highest BCUT2D eigenvalue weighted by atomic mass is 15.0. The van der Waals surface area contributed by atoms with Crippen LogP contribution in [0.1, 0.15) is 27.8 Å². The average Bonchev–Trinajstić information content (AvgIpc) is 3.84. The lowest BCUT2D eigenvalue weighted by Gasteiger charge is -2.19. The molecule has 0 spiro atoms. The first-order valence-electron chi connectivity index (χ1n) is 19.9. The lowest BCUT2D eigenvalue weighted by Crippen LogP contribution is -2.05. The largest absolute Gasteiger partial charge is 0.308 e. The fourth-order valence-corrected chi connectivity index (χ4v) is 8.94. The molecule has 8 nitrogen and oxygen atoms in total. The minimum atomic E-state index is 0.387. The summed E-state index contributed by atoms with van der Waals surface area (Å²) >= 11 is 0. The molecule has 10 rings (SSSR count). The number of para-hydroxylation sites is 2. The van der Waals surface area contributed by atoms with Crippen LogP contribution < -0.4 is 0 Å². The molecule has 0 aliphatic carbocycles. The molecule has 8 heteroatoms. The van der Waals surface area contributed by atoms with Gasteiger partial charge < -0.3 is 9.13 Å². The predicted octanol–water partition coefficient (Wildman–Crippen LogP) is 13.8. The van der Waals surface area contributed by atoms with E-state index in [4.69, 9.17) is 13.1 Å². The Labute approximate surface area is 362 Å². The highest BCUT2D eigenvalue weighted by Crippen LogP contribution is 2.43. The van der Waals surface area contributed by atoms with Crippen molar-refractivity contribution < 1.29 is 0 Å². The minimum absolute atomic E-state index is 0.387. The fraction of sp³-hybridized carbons (Fsp3) is 0.0182. The molecule has 0 fully saturated rings. The Balaban J connectivity index is 1.29. The summed E-state index contributed by atoms with van der Waals surface area (Å²) in [6, 6.07) is 57.7. The Morgan fingerprint density at radius 1 is 0.444 bits per heavy atom. The van der Waals surface area contributed by atoms with Crippen molar-refractivity contribution in [3.8, 4) is 69.0 Å². The molecule has 288 valence electrons. The average molecular weight is 801 g/mol. The van der Waals surface area contributed by atoms with Gasteiger partial charge in [-0.3, -0.25) is 0 Å². The van der Waals surface area contributed by atoms with E-state index in [2.05, 4.69) is 67.4 Å². The molecule has 2 heterocycles. The van der Waals surface area contributed by atoms with Gasteiger partial charge in [0.1, 0.15) is 11.6 Å². The topological polar surface area (TPSA) is 114 Å². The number of fused-ring (bicyclic) bond motifs is 6. The van der Waals surface area contributed by atoms with Crippen molar-refractivity contribution in [2.45, 2.75) is 6.92 Å². The maximum absolute atomic E-state index is 11.4. The van der Waals surface area contributed by atoms with Gasteiger partial charge in [-0.2, -0.15) is 21.0 Å². The molecule has 0 unspecified atom stereocenters. The standard InChI is InChI=1S/C55H28N8/c1-33-20-35(30-57)22-38(21-33)39-27-54(62-50-10-6-4-8-44(50)46-25-36(13-18-52(46)62)42-17-15-41(60-2)24-40(42)31-58)48(32-59)55(28-39)63-51-11-7-5-9-45(51)47-26-37(14-19-53(47)63)43-16-12-34(29-56)23-49(43)61-3/h4-28H,1H3. The molecule has 10 aromatic rings. The van der Waals surface area contributed by atoms with Gasteiger partial charge in [-0.15, -0.1) is 0 Å². The number of nitrogens with zero attached hydrogens (tertiary/aromatic N) is 8. The highest BCUT2D eigenvalue weighted by molar-refractivity contribution is 6.13. The van der Waals surface area contributed by atoms with Crippen LogP contribution in [0.2, 0.25) is 0 Å². The maximum Gasteiger partial charge on any atom is 0.196 e. The summed E-state index contributed by atoms with van der Waals surface area (Å²) in [6.07, 6.45) is 0. The van der Waals surface area contributed by atoms with E-state index in [1.54, 1.807) is 24.3 Å². The summed E-state index contributed by atoms with van der Waals surface area (Å²) in [5.41, 5.74) is 12.9. The summed E-state index contributed by atoms with van der Waals surface area (Å²) in [5, 5.41) is 44.9. The first-order chi connectivity index (χ1) is 30.9. The van der Waals surface area contributed by atoms with Crippen molar-refractivity contribution in [3.63, 3.8) is 0 Å². The van der Waals surface area contributed by atoms with Crippen molar-refractivity contribution in [2.75, 3.05) is 0 Å². The van der Waals surface area contributed by atoms with Crippen molar-refractivity contribution in [2.24, 2.45) is 0 Å². The van der Waals surface area contributed by atoms with Gasteiger partial charge >= 0.3 is 0 Å². The maximum atomic E-state index is 11.4. The van der Waals surface area contributed by atoms with Crippen molar-refractivity contribution >= 4 is 55.0 Å². The number of nitriles is 4. The third-order valence-corrected chi connectivity index (χ3v) is 11.7. The monoisotopic (exact) mass is 800 g/mol. The van der Waals surface area contributed by atoms with E-state index < -0.39 is 0 Å². The Bertz CT molecular complexity index is 3680. The second-order valence-corrected chi connectivity index (χ2v) is 15.3. The summed E-state index contributed by atoms with van der Waals surface area (Å²) in [4.78, 5) is 7.28. The summed E-state index contributed by atoms with van der Waals surface area (Å²) in [7, 11) is 0. The van der Waals surface area contributed by atoms with E-state index in [1.165, 1.54) is 0 Å². The molecule has 0 bridgehead atoms. The smallest absolute Gasteiger partial charge is 0.196 e. The quantitative estimate of drug-likeness (QED) is 0.161. The van der Waals surface area contributed by atoms with E-state index in [-0.39, 0.29) is 0 Å². The summed E-state index contributed by atoms with van der Waals surface area (Å²) < 4.78 is 4.24. The van der Waals surface area contributed by atoms with Gasteiger partial charge in [0.2, 0.25) is 0 Å². The van der Waals surface area contributed by atoms with Crippen LogP contribution in [-0.2, 0) is 0 Å². The Hall–Kier alpha value is -9.70. The third kappa shape index (κ3) is 6.02. The number of rotatable bonds is 5. The van der Waals surface area contributed by atoms with Gasteiger partial charge in [0.05, 0.1) is 70.4 Å². The number of aryl methyl sites for hydroxylation is 1. The van der Waals surface area contributed by atoms with Gasteiger partial charge in [-0.1, -0.05) is 72.8 Å². The molecule has 0 aliphatic rings. The van der Waals surface area contributed by atoms with Gasteiger partial charge in [0.15, 0.2) is 11.4 Å². The van der Waals surface area contributed by atoms with Gasteiger partial charge in [-0.25, -0.2) is 9.69 Å². The molecule has 0 saturated carbocycles. The van der Waals surface area contributed by atoms with Crippen LogP contribution in [0, 0.1) is 65.4 Å². The molecule has 0 saturated heterocycles. The predicted molar refractivity (Wildman–Crippen MR) is 248 cm³/mol. The lowest BCUT2D eigenvalue weighted by atomic mass is 9.97. The van der Waals surface area contributed by atoms with E-state index in [0.29, 0.717) is 45.0 Å². The van der Waals surface area contributed by atoms with E-state index in [1.807, 2.05) is 110 Å². The van der Waals surface area contributed by atoms with Gasteiger partial charge in [-0.05, 0) is 125 Å². The number of hydrogen-bond acceptors (Lipinski definition) is 4. The van der Waals surface area contributed by atoms with Crippen LogP contribution in [0.25, 0.3) is 98.1 Å². The fourth-order valence-electron chi connectivity index (χ4n) is 8.94. The zero-order valence-corrected chi connectivity index (χ0v) is 33.5. The molecule has 0 atom stereocenters. The molecule has 63 heavy (non-hydrogen) atoms. The van der Waals surface area contributed by atoms with Crippen molar-refractivity contribution in [3.05, 3.63) is 202 Å². The lowest BCUT2D eigenvalue weighted by molar-refractivity contribution is 1.12. The number of hydrogen-bond donors (Lipinski definition) is 0. The van der Waals surface area contributed by atoms with Crippen molar-refractivity contribution in [1.29, 1.82) is 21.0 Å². The Morgan fingerprint density at radius 2 is 1.02 bits per heavy atom. The molecule has 0 radical (unpaired) electrons. The third-order valence-electron chi connectivity index (χ3n) is 11.7. The first-order valence-corrected chi connectivity index (χ1v) is 19.9. The van der Waals surface area contributed by atoms with Crippen LogP contribution in [0.15, 0.2) is 152 Å². The molecule has 0 N–H and O–H groups in total. The zero-order chi connectivity index (χ0) is 43.4. The van der Waals surface area contributed by atoms with Crippen LogP contribution in [0.5, 0.6) is 0 Å². The molecular weight excluding hydrogens is 773 g/mol. The molecule has 2 aromatic heterocycles. The summed E-state index contributed by atoms with van der Waals surface area (Å²) in [6.45, 7) is 17.3. The zero-order valence-electron chi connectivity index (χ0n) is 33.5.